The Hall–Kier alpha value is -6.32. The summed E-state index contributed by atoms with van der Waals surface area (Å²) in [5, 5.41) is 6.03. The molecule has 3 aromatic heterocycles. The molecule has 3 heteroatoms. The van der Waals surface area contributed by atoms with Gasteiger partial charge in [0, 0.05) is 55.6 Å². The summed E-state index contributed by atoms with van der Waals surface area (Å²) < 4.78 is 11.4. The van der Waals surface area contributed by atoms with Crippen LogP contribution < -0.4 is 0 Å². The van der Waals surface area contributed by atoms with Gasteiger partial charge in [0.15, 0.2) is 0 Å². The lowest BCUT2D eigenvalue weighted by Crippen LogP contribution is -1.94. The number of nitrogens with zero attached hydrogens (tertiary/aromatic N) is 2. The second kappa shape index (κ2) is 10.1. The van der Waals surface area contributed by atoms with Crippen LogP contribution in [0.3, 0.4) is 0 Å². The Morgan fingerprint density at radius 2 is 0.979 bits per heavy atom. The highest BCUT2D eigenvalue weighted by molar-refractivity contribution is 6.18. The van der Waals surface area contributed by atoms with Crippen molar-refractivity contribution in [1.82, 2.24) is 9.13 Å². The van der Waals surface area contributed by atoms with Crippen molar-refractivity contribution in [2.75, 3.05) is 0 Å². The van der Waals surface area contributed by atoms with E-state index >= 15 is 0 Å². The fourth-order valence-electron chi connectivity index (χ4n) is 7.44. The smallest absolute Gasteiger partial charge is 0.143 e. The first-order chi connectivity index (χ1) is 23.3. The molecule has 0 N–H and O–H groups in total. The molecule has 220 valence electrons. The van der Waals surface area contributed by atoms with Gasteiger partial charge in [-0.1, -0.05) is 121 Å². The van der Waals surface area contributed by atoms with Crippen LogP contribution in [-0.4, -0.2) is 9.13 Å². The van der Waals surface area contributed by atoms with Crippen LogP contribution >= 0.6 is 0 Å². The summed E-state index contributed by atoms with van der Waals surface area (Å²) in [5.74, 6) is 0. The number of rotatable bonds is 4. The van der Waals surface area contributed by atoms with E-state index in [9.17, 15) is 0 Å². The van der Waals surface area contributed by atoms with Crippen molar-refractivity contribution in [1.29, 1.82) is 0 Å². The minimum Gasteiger partial charge on any atom is -0.455 e. The van der Waals surface area contributed by atoms with E-state index in [-0.39, 0.29) is 0 Å². The number of furan rings is 1. The molecule has 47 heavy (non-hydrogen) atoms. The number of hydrogen-bond donors (Lipinski definition) is 0. The largest absolute Gasteiger partial charge is 0.455 e. The topological polar surface area (TPSA) is 23.0 Å². The summed E-state index contributed by atoms with van der Waals surface area (Å²) in [6, 6.07) is 58.3. The molecule has 0 unspecified atom stereocenters. The lowest BCUT2D eigenvalue weighted by molar-refractivity contribution is 0.671. The highest BCUT2D eigenvalue weighted by Crippen LogP contribution is 2.41. The number of benzene rings is 7. The predicted octanol–water partition coefficient (Wildman–Crippen LogP) is 12.0. The number of fused-ring (bicyclic) bond motifs is 8. The Balaban J connectivity index is 1.10. The Kier molecular flexibility index (Phi) is 5.57. The van der Waals surface area contributed by atoms with Crippen LogP contribution in [0.25, 0.3) is 88.3 Å². The lowest BCUT2D eigenvalue weighted by Gasteiger charge is -2.10. The minimum atomic E-state index is 0.918. The average Bonchev–Trinajstić information content (AvgIpc) is 3.84. The molecule has 0 fully saturated rings. The van der Waals surface area contributed by atoms with Crippen LogP contribution in [0, 0.1) is 0 Å². The van der Waals surface area contributed by atoms with E-state index in [2.05, 4.69) is 173 Å². The van der Waals surface area contributed by atoms with Crippen LogP contribution in [0.2, 0.25) is 0 Å². The third-order valence-electron chi connectivity index (χ3n) is 9.58. The Labute approximate surface area is 271 Å². The number of para-hydroxylation sites is 4. The first-order valence-electron chi connectivity index (χ1n) is 16.0. The van der Waals surface area contributed by atoms with Crippen LogP contribution in [0.5, 0.6) is 0 Å². The second-order valence-corrected chi connectivity index (χ2v) is 12.1. The van der Waals surface area contributed by atoms with E-state index in [0.29, 0.717) is 0 Å². The SMILES string of the molecule is c1ccc(-c2cccc3c2oc2c(-c4ccc(-n5ccc6c5ccc5c7ccccc7n(-c7ccccc7)c56)cc4)cccc23)cc1. The molecule has 10 aromatic rings. The molecule has 3 heterocycles. The molecule has 0 aliphatic heterocycles. The first-order valence-corrected chi connectivity index (χ1v) is 16.0. The molecule has 10 rings (SSSR count). The molecule has 7 aromatic carbocycles. The molecule has 0 saturated carbocycles. The van der Waals surface area contributed by atoms with Gasteiger partial charge < -0.3 is 13.6 Å². The van der Waals surface area contributed by atoms with E-state index < -0.39 is 0 Å². The predicted molar refractivity (Wildman–Crippen MR) is 196 cm³/mol. The van der Waals surface area contributed by atoms with Crippen LogP contribution in [0.15, 0.2) is 174 Å². The van der Waals surface area contributed by atoms with Crippen molar-refractivity contribution in [2.45, 2.75) is 0 Å². The van der Waals surface area contributed by atoms with Crippen LogP contribution in [0.4, 0.5) is 0 Å². The zero-order valence-corrected chi connectivity index (χ0v) is 25.5. The molecule has 0 radical (unpaired) electrons. The molecule has 0 aliphatic carbocycles. The molecule has 3 nitrogen and oxygen atoms in total. The molecular formula is C44H28N2O. The van der Waals surface area contributed by atoms with Gasteiger partial charge >= 0.3 is 0 Å². The molecule has 0 bridgehead atoms. The Morgan fingerprint density at radius 3 is 1.70 bits per heavy atom. The number of aromatic nitrogens is 2. The van der Waals surface area contributed by atoms with Crippen molar-refractivity contribution < 1.29 is 4.42 Å². The highest BCUT2D eigenvalue weighted by atomic mass is 16.3. The van der Waals surface area contributed by atoms with Gasteiger partial charge in [-0.15, -0.1) is 0 Å². The van der Waals surface area contributed by atoms with Gasteiger partial charge in [0.05, 0.1) is 16.6 Å². The molecule has 0 aliphatic rings. The van der Waals surface area contributed by atoms with Crippen LogP contribution in [-0.2, 0) is 0 Å². The van der Waals surface area contributed by atoms with Gasteiger partial charge in [-0.2, -0.15) is 0 Å². The zero-order valence-electron chi connectivity index (χ0n) is 25.5. The summed E-state index contributed by atoms with van der Waals surface area (Å²) in [4.78, 5) is 0. The molecule has 0 amide bonds. The summed E-state index contributed by atoms with van der Waals surface area (Å²) in [6.45, 7) is 0. The van der Waals surface area contributed by atoms with E-state index in [0.717, 1.165) is 49.9 Å². The number of hydrogen-bond acceptors (Lipinski definition) is 1. The van der Waals surface area contributed by atoms with Crippen molar-refractivity contribution in [2.24, 2.45) is 0 Å². The quantitative estimate of drug-likeness (QED) is 0.197. The maximum Gasteiger partial charge on any atom is 0.143 e. The fraction of sp³-hybridized carbons (Fsp3) is 0. The lowest BCUT2D eigenvalue weighted by atomic mass is 10.00. The first kappa shape index (κ1) is 26.0. The normalized spacial score (nSPS) is 11.8. The second-order valence-electron chi connectivity index (χ2n) is 12.1. The summed E-state index contributed by atoms with van der Waals surface area (Å²) >= 11 is 0. The maximum atomic E-state index is 6.69. The Bertz CT molecular complexity index is 2760. The van der Waals surface area contributed by atoms with Gasteiger partial charge in [0.1, 0.15) is 11.2 Å². The fourth-order valence-corrected chi connectivity index (χ4v) is 7.44. The molecule has 0 spiro atoms. The van der Waals surface area contributed by atoms with Crippen LogP contribution in [0.1, 0.15) is 0 Å². The van der Waals surface area contributed by atoms with Gasteiger partial charge in [-0.05, 0) is 53.6 Å². The van der Waals surface area contributed by atoms with Crippen molar-refractivity contribution in [3.05, 3.63) is 170 Å². The zero-order chi connectivity index (χ0) is 30.9. The maximum absolute atomic E-state index is 6.69. The average molecular weight is 601 g/mol. The highest BCUT2D eigenvalue weighted by Gasteiger charge is 2.18. The van der Waals surface area contributed by atoms with Gasteiger partial charge in [-0.3, -0.25) is 0 Å². The third kappa shape index (κ3) is 3.87. The van der Waals surface area contributed by atoms with Crippen molar-refractivity contribution in [3.63, 3.8) is 0 Å². The van der Waals surface area contributed by atoms with Gasteiger partial charge in [0.2, 0.25) is 0 Å². The van der Waals surface area contributed by atoms with Gasteiger partial charge in [0.25, 0.3) is 0 Å². The monoisotopic (exact) mass is 600 g/mol. The summed E-state index contributed by atoms with van der Waals surface area (Å²) in [7, 11) is 0. The molecular weight excluding hydrogens is 572 g/mol. The Morgan fingerprint density at radius 1 is 0.362 bits per heavy atom. The molecule has 0 saturated heterocycles. The summed E-state index contributed by atoms with van der Waals surface area (Å²) in [6.07, 6.45) is 2.19. The van der Waals surface area contributed by atoms with Crippen molar-refractivity contribution in [3.8, 4) is 33.6 Å². The summed E-state index contributed by atoms with van der Waals surface area (Å²) in [5.41, 5.74) is 12.2. The van der Waals surface area contributed by atoms with E-state index in [1.807, 2.05) is 6.07 Å². The van der Waals surface area contributed by atoms with E-state index in [1.54, 1.807) is 0 Å². The molecule has 0 atom stereocenters. The van der Waals surface area contributed by atoms with E-state index in [1.165, 1.54) is 38.4 Å². The minimum absolute atomic E-state index is 0.918. The van der Waals surface area contributed by atoms with Gasteiger partial charge in [-0.25, -0.2) is 0 Å². The standard InChI is InChI=1S/C44H28N2O/c1-3-11-29(12-4-1)33-16-9-18-37-38-19-10-17-34(44(38)47-43(33)37)30-21-23-31(24-22-30)45-28-27-39-40(45)26-25-36-35-15-7-8-20-41(35)46(42(36)39)32-13-5-2-6-14-32/h1-28H. The van der Waals surface area contributed by atoms with Crippen molar-refractivity contribution >= 4 is 54.6 Å². The third-order valence-corrected chi connectivity index (χ3v) is 9.58. The van der Waals surface area contributed by atoms with E-state index in [4.69, 9.17) is 4.42 Å².